The summed E-state index contributed by atoms with van der Waals surface area (Å²) in [6.07, 6.45) is 33.8. The van der Waals surface area contributed by atoms with E-state index in [2.05, 4.69) is 30.5 Å². The summed E-state index contributed by atoms with van der Waals surface area (Å²) in [6, 6.07) is 0. The molecule has 0 bridgehead atoms. The molecule has 1 fully saturated rings. The lowest BCUT2D eigenvalue weighted by Gasteiger charge is -2.18. The van der Waals surface area contributed by atoms with E-state index >= 15 is 0 Å². The summed E-state index contributed by atoms with van der Waals surface area (Å²) in [7, 11) is -4.75. The highest BCUT2D eigenvalue weighted by Gasteiger charge is 2.36. The molecule has 2 unspecified atom stereocenters. The SMILES string of the molecule is CCCCC/C=C\CC1OC1CCCCCCCC(=O)OC[C@H](COP(=O)(O)O)OC(=O)CCCCCCCCCCCCCCCC. The van der Waals surface area contributed by atoms with Crippen molar-refractivity contribution < 1.29 is 42.7 Å². The maximum absolute atomic E-state index is 12.4. The second-order valence-corrected chi connectivity index (χ2v) is 14.9. The largest absolute Gasteiger partial charge is 0.469 e. The molecule has 9 nitrogen and oxygen atoms in total. The van der Waals surface area contributed by atoms with Gasteiger partial charge in [-0.2, -0.15) is 0 Å². The number of hydrogen-bond acceptors (Lipinski definition) is 7. The molecule has 1 rings (SSSR count). The molecule has 3 atom stereocenters. The van der Waals surface area contributed by atoms with Gasteiger partial charge in [-0.25, -0.2) is 4.57 Å². The first-order chi connectivity index (χ1) is 23.2. The molecule has 282 valence electrons. The van der Waals surface area contributed by atoms with Gasteiger partial charge in [0.1, 0.15) is 6.61 Å². The minimum atomic E-state index is -4.75. The number of ether oxygens (including phenoxy) is 3. The standard InChI is InChI=1S/C38H71O9P/c1-3-5-7-9-11-12-13-14-15-16-17-18-22-27-31-38(40)46-34(33-45-48(41,42)43)32-44-37(39)30-26-23-19-21-25-29-36-35(47-36)28-24-20-10-8-6-4-2/h20,24,34-36H,3-19,21-23,25-33H2,1-2H3,(H2,41,42,43)/b24-20-/t34-,35?,36?/m1/s1. The van der Waals surface area contributed by atoms with Crippen molar-refractivity contribution in [2.45, 2.75) is 206 Å². The lowest BCUT2D eigenvalue weighted by molar-refractivity contribution is -0.161. The molecule has 0 aromatic carbocycles. The molecule has 0 aromatic heterocycles. The lowest BCUT2D eigenvalue weighted by Crippen LogP contribution is -2.29. The number of esters is 2. The van der Waals surface area contributed by atoms with Crippen molar-refractivity contribution in [1.29, 1.82) is 0 Å². The quantitative estimate of drug-likeness (QED) is 0.0218. The second-order valence-electron chi connectivity index (χ2n) is 13.6. The fourth-order valence-corrected chi connectivity index (χ4v) is 6.27. The van der Waals surface area contributed by atoms with Gasteiger partial charge in [-0.1, -0.05) is 148 Å². The second kappa shape index (κ2) is 30.6. The number of rotatable bonds is 35. The highest BCUT2D eigenvalue weighted by Crippen LogP contribution is 2.36. The Labute approximate surface area is 292 Å². The molecule has 2 N–H and O–H groups in total. The van der Waals surface area contributed by atoms with Crippen LogP contribution in [0.1, 0.15) is 187 Å². The molecule has 1 aliphatic rings. The Bertz CT molecular complexity index is 859. The van der Waals surface area contributed by atoms with E-state index in [1.165, 1.54) is 83.5 Å². The van der Waals surface area contributed by atoms with Crippen LogP contribution < -0.4 is 0 Å². The van der Waals surface area contributed by atoms with Crippen LogP contribution in [-0.2, 0) is 32.9 Å². The van der Waals surface area contributed by atoms with E-state index in [9.17, 15) is 14.2 Å². The van der Waals surface area contributed by atoms with E-state index in [0.29, 0.717) is 25.0 Å². The zero-order valence-electron chi connectivity index (χ0n) is 30.6. The molecule has 1 saturated heterocycles. The van der Waals surface area contributed by atoms with E-state index in [4.69, 9.17) is 24.0 Å². The fourth-order valence-electron chi connectivity index (χ4n) is 5.91. The van der Waals surface area contributed by atoms with Crippen molar-refractivity contribution in [3.8, 4) is 0 Å². The smallest absolute Gasteiger partial charge is 0.462 e. The zero-order chi connectivity index (χ0) is 35.1. The van der Waals surface area contributed by atoms with Crippen molar-refractivity contribution in [3.63, 3.8) is 0 Å². The third-order valence-corrected chi connectivity index (χ3v) is 9.44. The molecule has 1 aliphatic heterocycles. The Balaban J connectivity index is 2.08. The summed E-state index contributed by atoms with van der Waals surface area (Å²) in [5, 5.41) is 0. The van der Waals surface area contributed by atoms with E-state index in [0.717, 1.165) is 64.2 Å². The number of unbranched alkanes of at least 4 members (excludes halogenated alkanes) is 20. The normalized spacial score (nSPS) is 16.8. The fraction of sp³-hybridized carbons (Fsp3) is 0.895. The number of carbonyl (C=O) groups excluding carboxylic acids is 2. The average Bonchev–Trinajstić information content (AvgIpc) is 3.81. The minimum Gasteiger partial charge on any atom is -0.462 e. The average molecular weight is 703 g/mol. The first-order valence-corrected chi connectivity index (χ1v) is 21.1. The van der Waals surface area contributed by atoms with Gasteiger partial charge in [-0.15, -0.1) is 0 Å². The van der Waals surface area contributed by atoms with Gasteiger partial charge in [-0.05, 0) is 38.5 Å². The van der Waals surface area contributed by atoms with Gasteiger partial charge in [0.2, 0.25) is 0 Å². The zero-order valence-corrected chi connectivity index (χ0v) is 31.5. The van der Waals surface area contributed by atoms with E-state index in [-0.39, 0.29) is 19.4 Å². The van der Waals surface area contributed by atoms with Gasteiger partial charge in [0, 0.05) is 12.8 Å². The first-order valence-electron chi connectivity index (χ1n) is 19.6. The molecule has 1 heterocycles. The Morgan fingerprint density at radius 2 is 1.15 bits per heavy atom. The third kappa shape index (κ3) is 29.6. The Hall–Kier alpha value is -1.25. The Morgan fingerprint density at radius 3 is 1.71 bits per heavy atom. The number of allylic oxidation sites excluding steroid dienone is 1. The van der Waals surface area contributed by atoms with Gasteiger partial charge >= 0.3 is 19.8 Å². The predicted octanol–water partition coefficient (Wildman–Crippen LogP) is 10.4. The first kappa shape index (κ1) is 44.8. The number of epoxide rings is 1. The van der Waals surface area contributed by atoms with Gasteiger partial charge in [-0.3, -0.25) is 14.1 Å². The van der Waals surface area contributed by atoms with Gasteiger partial charge in [0.25, 0.3) is 0 Å². The molecule has 10 heteroatoms. The number of carbonyl (C=O) groups is 2. The molecular formula is C38H71O9P. The molecule has 0 radical (unpaired) electrons. The molecule has 0 aliphatic carbocycles. The van der Waals surface area contributed by atoms with Crippen molar-refractivity contribution in [1.82, 2.24) is 0 Å². The molecule has 0 spiro atoms. The van der Waals surface area contributed by atoms with Crippen LogP contribution in [0.25, 0.3) is 0 Å². The van der Waals surface area contributed by atoms with Gasteiger partial charge in [0.05, 0.1) is 18.8 Å². The van der Waals surface area contributed by atoms with Crippen molar-refractivity contribution in [2.75, 3.05) is 13.2 Å². The summed E-state index contributed by atoms with van der Waals surface area (Å²) in [5.41, 5.74) is 0. The summed E-state index contributed by atoms with van der Waals surface area (Å²) in [6.45, 7) is 3.64. The van der Waals surface area contributed by atoms with Crippen LogP contribution in [0.3, 0.4) is 0 Å². The van der Waals surface area contributed by atoms with Gasteiger partial charge in [0.15, 0.2) is 6.10 Å². The summed E-state index contributed by atoms with van der Waals surface area (Å²) in [5.74, 6) is -0.901. The van der Waals surface area contributed by atoms with E-state index in [1.807, 2.05) is 0 Å². The maximum atomic E-state index is 12.4. The topological polar surface area (TPSA) is 132 Å². The van der Waals surface area contributed by atoms with E-state index < -0.39 is 32.5 Å². The van der Waals surface area contributed by atoms with Crippen LogP contribution in [0.5, 0.6) is 0 Å². The molecule has 0 aromatic rings. The minimum absolute atomic E-state index is 0.210. The van der Waals surface area contributed by atoms with Crippen LogP contribution in [0.2, 0.25) is 0 Å². The van der Waals surface area contributed by atoms with Crippen molar-refractivity contribution in [3.05, 3.63) is 12.2 Å². The third-order valence-electron chi connectivity index (χ3n) is 8.96. The van der Waals surface area contributed by atoms with Crippen LogP contribution in [0.4, 0.5) is 0 Å². The van der Waals surface area contributed by atoms with Gasteiger partial charge < -0.3 is 24.0 Å². The van der Waals surface area contributed by atoms with Crippen LogP contribution in [-0.4, -0.2) is 53.3 Å². The Morgan fingerprint density at radius 1 is 0.646 bits per heavy atom. The molecular weight excluding hydrogens is 631 g/mol. The molecule has 0 amide bonds. The number of phosphoric ester groups is 1. The van der Waals surface area contributed by atoms with Crippen LogP contribution >= 0.6 is 7.82 Å². The summed E-state index contributed by atoms with van der Waals surface area (Å²) < 4.78 is 32.1. The van der Waals surface area contributed by atoms with Crippen molar-refractivity contribution >= 4 is 19.8 Å². The Kier molecular flexibility index (Phi) is 28.5. The summed E-state index contributed by atoms with van der Waals surface area (Å²) in [4.78, 5) is 42.8. The highest BCUT2D eigenvalue weighted by molar-refractivity contribution is 7.46. The highest BCUT2D eigenvalue weighted by atomic mass is 31.2. The van der Waals surface area contributed by atoms with Crippen molar-refractivity contribution in [2.24, 2.45) is 0 Å². The number of phosphoric acid groups is 1. The number of hydrogen-bond donors (Lipinski definition) is 2. The lowest BCUT2D eigenvalue weighted by atomic mass is 10.0. The van der Waals surface area contributed by atoms with Crippen LogP contribution in [0, 0.1) is 0 Å². The van der Waals surface area contributed by atoms with E-state index in [1.54, 1.807) is 0 Å². The van der Waals surface area contributed by atoms with Crippen LogP contribution in [0.15, 0.2) is 12.2 Å². The molecule has 48 heavy (non-hydrogen) atoms. The predicted molar refractivity (Wildman–Crippen MR) is 193 cm³/mol. The maximum Gasteiger partial charge on any atom is 0.469 e. The molecule has 0 saturated carbocycles. The monoisotopic (exact) mass is 702 g/mol. The summed E-state index contributed by atoms with van der Waals surface area (Å²) >= 11 is 0.